The SMILES string of the molecule is COc1ccc2cc(C(O)C(=O)C(C)C)ccc2c1. The first kappa shape index (κ1) is 13.6. The fraction of sp³-hybridized carbons (Fsp3) is 0.312. The lowest BCUT2D eigenvalue weighted by Crippen LogP contribution is -2.17. The van der Waals surface area contributed by atoms with Gasteiger partial charge < -0.3 is 9.84 Å². The maximum Gasteiger partial charge on any atom is 0.168 e. The maximum absolute atomic E-state index is 11.8. The summed E-state index contributed by atoms with van der Waals surface area (Å²) in [6.07, 6.45) is -1.05. The highest BCUT2D eigenvalue weighted by atomic mass is 16.5. The fourth-order valence-electron chi connectivity index (χ4n) is 2.02. The minimum atomic E-state index is -1.05. The summed E-state index contributed by atoms with van der Waals surface area (Å²) < 4.78 is 5.17. The minimum absolute atomic E-state index is 0.159. The maximum atomic E-state index is 11.8. The number of methoxy groups -OCH3 is 1. The zero-order chi connectivity index (χ0) is 14.0. The molecule has 3 nitrogen and oxygen atoms in total. The number of carbonyl (C=O) groups excluding carboxylic acids is 1. The van der Waals surface area contributed by atoms with Crippen LogP contribution in [-0.2, 0) is 4.79 Å². The first-order valence-electron chi connectivity index (χ1n) is 6.32. The van der Waals surface area contributed by atoms with Gasteiger partial charge >= 0.3 is 0 Å². The van der Waals surface area contributed by atoms with Crippen molar-refractivity contribution >= 4 is 16.6 Å². The molecule has 1 N–H and O–H groups in total. The van der Waals surface area contributed by atoms with Gasteiger partial charge in [-0.05, 0) is 34.5 Å². The Bertz CT molecular complexity index is 602. The van der Waals surface area contributed by atoms with Gasteiger partial charge in [-0.3, -0.25) is 4.79 Å². The van der Waals surface area contributed by atoms with Crippen LogP contribution in [0.1, 0.15) is 25.5 Å². The van der Waals surface area contributed by atoms with Crippen LogP contribution in [0.2, 0.25) is 0 Å². The zero-order valence-electron chi connectivity index (χ0n) is 11.4. The summed E-state index contributed by atoms with van der Waals surface area (Å²) in [5, 5.41) is 12.0. The van der Waals surface area contributed by atoms with Crippen LogP contribution in [0.25, 0.3) is 10.8 Å². The number of ether oxygens (including phenoxy) is 1. The lowest BCUT2D eigenvalue weighted by atomic mass is 9.96. The third-order valence-corrected chi connectivity index (χ3v) is 3.23. The van der Waals surface area contributed by atoms with Gasteiger partial charge in [0.1, 0.15) is 11.9 Å². The van der Waals surface area contributed by atoms with Crippen molar-refractivity contribution in [2.45, 2.75) is 20.0 Å². The van der Waals surface area contributed by atoms with E-state index in [1.165, 1.54) is 0 Å². The summed E-state index contributed by atoms with van der Waals surface area (Å²) in [6, 6.07) is 11.2. The number of rotatable bonds is 4. The van der Waals surface area contributed by atoms with E-state index in [-0.39, 0.29) is 11.7 Å². The van der Waals surface area contributed by atoms with Gasteiger partial charge in [0.2, 0.25) is 0 Å². The first-order valence-corrected chi connectivity index (χ1v) is 6.32. The van der Waals surface area contributed by atoms with Crippen molar-refractivity contribution < 1.29 is 14.6 Å². The van der Waals surface area contributed by atoms with E-state index >= 15 is 0 Å². The van der Waals surface area contributed by atoms with Gasteiger partial charge in [-0.25, -0.2) is 0 Å². The molecule has 0 saturated heterocycles. The molecule has 3 heteroatoms. The second-order valence-electron chi connectivity index (χ2n) is 4.93. The van der Waals surface area contributed by atoms with Crippen molar-refractivity contribution in [3.63, 3.8) is 0 Å². The van der Waals surface area contributed by atoms with Crippen LogP contribution in [0, 0.1) is 5.92 Å². The summed E-state index contributed by atoms with van der Waals surface area (Å²) in [4.78, 5) is 11.8. The smallest absolute Gasteiger partial charge is 0.168 e. The van der Waals surface area contributed by atoms with Gasteiger partial charge in [0, 0.05) is 5.92 Å². The molecule has 2 aromatic carbocycles. The predicted octanol–water partition coefficient (Wildman–Crippen LogP) is 3.11. The molecule has 1 atom stereocenters. The molecular formula is C16H18O3. The second-order valence-corrected chi connectivity index (χ2v) is 4.93. The van der Waals surface area contributed by atoms with Crippen LogP contribution >= 0.6 is 0 Å². The largest absolute Gasteiger partial charge is 0.497 e. The molecule has 0 bridgehead atoms. The number of carbonyl (C=O) groups is 1. The van der Waals surface area contributed by atoms with E-state index < -0.39 is 6.10 Å². The number of fused-ring (bicyclic) bond motifs is 1. The molecule has 0 amide bonds. The van der Waals surface area contributed by atoms with Crippen LogP contribution < -0.4 is 4.74 Å². The van der Waals surface area contributed by atoms with Crippen molar-refractivity contribution in [3.8, 4) is 5.75 Å². The average Bonchev–Trinajstić information content (AvgIpc) is 2.44. The van der Waals surface area contributed by atoms with Gasteiger partial charge in [0.25, 0.3) is 0 Å². The van der Waals surface area contributed by atoms with Crippen LogP contribution in [-0.4, -0.2) is 18.0 Å². The van der Waals surface area contributed by atoms with Gasteiger partial charge in [0.15, 0.2) is 5.78 Å². The summed E-state index contributed by atoms with van der Waals surface area (Å²) in [5.74, 6) is 0.452. The molecule has 2 rings (SSSR count). The molecule has 0 fully saturated rings. The lowest BCUT2D eigenvalue weighted by molar-refractivity contribution is -0.130. The standard InChI is InChI=1S/C16H18O3/c1-10(2)15(17)16(18)13-5-4-12-9-14(19-3)7-6-11(12)8-13/h4-10,16,18H,1-3H3. The van der Waals surface area contributed by atoms with E-state index in [0.717, 1.165) is 16.5 Å². The third-order valence-electron chi connectivity index (χ3n) is 3.23. The third kappa shape index (κ3) is 2.76. The van der Waals surface area contributed by atoms with E-state index in [9.17, 15) is 9.90 Å². The number of aliphatic hydroxyl groups is 1. The average molecular weight is 258 g/mol. The number of hydrogen-bond donors (Lipinski definition) is 1. The Morgan fingerprint density at radius 1 is 1.11 bits per heavy atom. The van der Waals surface area contributed by atoms with Gasteiger partial charge in [-0.2, -0.15) is 0 Å². The molecule has 0 aliphatic heterocycles. The van der Waals surface area contributed by atoms with E-state index in [4.69, 9.17) is 4.74 Å². The van der Waals surface area contributed by atoms with Gasteiger partial charge in [0.05, 0.1) is 7.11 Å². The number of hydrogen-bond acceptors (Lipinski definition) is 3. The molecule has 2 aromatic rings. The van der Waals surface area contributed by atoms with Crippen LogP contribution in [0.4, 0.5) is 0 Å². The fourth-order valence-corrected chi connectivity index (χ4v) is 2.02. The van der Waals surface area contributed by atoms with Crippen molar-refractivity contribution in [3.05, 3.63) is 42.0 Å². The summed E-state index contributed by atoms with van der Waals surface area (Å²) >= 11 is 0. The van der Waals surface area contributed by atoms with Crippen LogP contribution in [0.3, 0.4) is 0 Å². The summed E-state index contributed by atoms with van der Waals surface area (Å²) in [5.41, 5.74) is 0.636. The van der Waals surface area contributed by atoms with E-state index in [0.29, 0.717) is 5.56 Å². The number of aliphatic hydroxyl groups excluding tert-OH is 1. The molecule has 0 aromatic heterocycles. The molecular weight excluding hydrogens is 240 g/mol. The zero-order valence-corrected chi connectivity index (χ0v) is 11.4. The second kappa shape index (κ2) is 5.41. The highest BCUT2D eigenvalue weighted by molar-refractivity contribution is 5.89. The van der Waals surface area contributed by atoms with E-state index in [1.807, 2.05) is 30.3 Å². The minimum Gasteiger partial charge on any atom is -0.497 e. The lowest BCUT2D eigenvalue weighted by Gasteiger charge is -2.13. The molecule has 1 unspecified atom stereocenters. The Balaban J connectivity index is 2.39. The predicted molar refractivity (Wildman–Crippen MR) is 75.3 cm³/mol. The Labute approximate surface area is 112 Å². The van der Waals surface area contributed by atoms with Crippen LogP contribution in [0.5, 0.6) is 5.75 Å². The number of benzene rings is 2. The highest BCUT2D eigenvalue weighted by Gasteiger charge is 2.20. The molecule has 0 spiro atoms. The Hall–Kier alpha value is -1.87. The molecule has 0 aliphatic rings. The molecule has 19 heavy (non-hydrogen) atoms. The van der Waals surface area contributed by atoms with Crippen molar-refractivity contribution in [1.82, 2.24) is 0 Å². The quantitative estimate of drug-likeness (QED) is 0.916. The summed E-state index contributed by atoms with van der Waals surface area (Å²) in [7, 11) is 1.63. The van der Waals surface area contributed by atoms with E-state index in [1.54, 1.807) is 27.0 Å². The summed E-state index contributed by atoms with van der Waals surface area (Å²) in [6.45, 7) is 3.58. The molecule has 0 heterocycles. The molecule has 0 aliphatic carbocycles. The van der Waals surface area contributed by atoms with Crippen LogP contribution in [0.15, 0.2) is 36.4 Å². The monoisotopic (exact) mass is 258 g/mol. The molecule has 0 saturated carbocycles. The first-order chi connectivity index (χ1) is 9.02. The van der Waals surface area contributed by atoms with Crippen molar-refractivity contribution in [2.24, 2.45) is 5.92 Å². The van der Waals surface area contributed by atoms with E-state index in [2.05, 4.69) is 0 Å². The molecule has 0 radical (unpaired) electrons. The van der Waals surface area contributed by atoms with Crippen molar-refractivity contribution in [2.75, 3.05) is 7.11 Å². The Morgan fingerprint density at radius 2 is 1.74 bits per heavy atom. The molecule has 100 valence electrons. The van der Waals surface area contributed by atoms with Gasteiger partial charge in [-0.1, -0.05) is 32.0 Å². The number of ketones is 1. The Morgan fingerprint density at radius 3 is 2.37 bits per heavy atom. The topological polar surface area (TPSA) is 46.5 Å². The van der Waals surface area contributed by atoms with Gasteiger partial charge in [-0.15, -0.1) is 0 Å². The Kier molecular flexibility index (Phi) is 3.86. The highest BCUT2D eigenvalue weighted by Crippen LogP contribution is 2.25. The number of Topliss-reactive ketones (excluding diaryl/α,β-unsaturated/α-hetero) is 1. The van der Waals surface area contributed by atoms with Crippen molar-refractivity contribution in [1.29, 1.82) is 0 Å². The normalized spacial score (nSPS) is 12.7.